The Morgan fingerprint density at radius 1 is 1.30 bits per heavy atom. The third-order valence-corrected chi connectivity index (χ3v) is 5.08. The average Bonchev–Trinajstić information content (AvgIpc) is 2.99. The van der Waals surface area contributed by atoms with Crippen molar-refractivity contribution in [2.75, 3.05) is 13.1 Å². The summed E-state index contributed by atoms with van der Waals surface area (Å²) in [5.74, 6) is -0.223. The maximum absolute atomic E-state index is 13.2. The monoisotopic (exact) mass is 372 g/mol. The smallest absolute Gasteiger partial charge is 0.272 e. The molecule has 144 valence electrons. The first-order chi connectivity index (χ1) is 12.9. The first-order valence-corrected chi connectivity index (χ1v) is 9.16. The van der Waals surface area contributed by atoms with Crippen LogP contribution < -0.4 is 0 Å². The third-order valence-electron chi connectivity index (χ3n) is 5.08. The first kappa shape index (κ1) is 19.1. The van der Waals surface area contributed by atoms with Crippen LogP contribution in [0.5, 0.6) is 0 Å². The molecule has 1 aliphatic rings. The number of amides is 2. The van der Waals surface area contributed by atoms with Crippen LogP contribution in [0.2, 0.25) is 0 Å². The van der Waals surface area contributed by atoms with Crippen molar-refractivity contribution in [1.82, 2.24) is 19.4 Å². The largest absolute Gasteiger partial charge is 0.335 e. The Morgan fingerprint density at radius 3 is 2.59 bits per heavy atom. The Kier molecular flexibility index (Phi) is 5.58. The van der Waals surface area contributed by atoms with Gasteiger partial charge in [-0.1, -0.05) is 26.0 Å². The van der Waals surface area contributed by atoms with Crippen molar-refractivity contribution in [2.45, 2.75) is 32.9 Å². The molecule has 1 fully saturated rings. The number of carbonyl (C=O) groups is 2. The number of hydrogen-bond acceptors (Lipinski definition) is 3. The van der Waals surface area contributed by atoms with Gasteiger partial charge in [0.2, 0.25) is 5.91 Å². The summed E-state index contributed by atoms with van der Waals surface area (Å²) < 4.78 is 14.9. The number of hydrogen-bond donors (Lipinski definition) is 0. The molecule has 1 unspecified atom stereocenters. The SMILES string of the molecule is CC(C)C1CN(C(=O)c2cncn2C)CCC(=O)N1Cc1ccc(F)cc1. The minimum Gasteiger partial charge on any atom is -0.335 e. The second-order valence-corrected chi connectivity index (χ2v) is 7.35. The van der Waals surface area contributed by atoms with E-state index >= 15 is 0 Å². The van der Waals surface area contributed by atoms with Crippen molar-refractivity contribution in [1.29, 1.82) is 0 Å². The van der Waals surface area contributed by atoms with Gasteiger partial charge in [0.15, 0.2) is 0 Å². The van der Waals surface area contributed by atoms with E-state index < -0.39 is 0 Å². The highest BCUT2D eigenvalue weighted by atomic mass is 19.1. The standard InChI is InChI=1S/C20H25FN4O2/c1-14(2)18-12-24(20(27)17-10-22-13-23(17)3)9-8-19(26)25(18)11-15-4-6-16(21)7-5-15/h4-7,10,13-14,18H,8-9,11-12H2,1-3H3. The van der Waals surface area contributed by atoms with Crippen LogP contribution >= 0.6 is 0 Å². The number of aryl methyl sites for hydroxylation is 1. The molecule has 7 heteroatoms. The lowest BCUT2D eigenvalue weighted by Gasteiger charge is -2.34. The van der Waals surface area contributed by atoms with Crippen molar-refractivity contribution in [3.05, 3.63) is 53.9 Å². The molecule has 0 aliphatic carbocycles. The van der Waals surface area contributed by atoms with Gasteiger partial charge in [-0.15, -0.1) is 0 Å². The third kappa shape index (κ3) is 4.18. The molecule has 1 aromatic carbocycles. The van der Waals surface area contributed by atoms with E-state index in [0.717, 1.165) is 5.56 Å². The number of imidazole rings is 1. The van der Waals surface area contributed by atoms with E-state index in [9.17, 15) is 14.0 Å². The number of carbonyl (C=O) groups excluding carboxylic acids is 2. The van der Waals surface area contributed by atoms with Crippen molar-refractivity contribution in [3.8, 4) is 0 Å². The Bertz CT molecular complexity index is 816. The fourth-order valence-corrected chi connectivity index (χ4v) is 3.45. The van der Waals surface area contributed by atoms with Crippen LogP contribution in [0.3, 0.4) is 0 Å². The van der Waals surface area contributed by atoms with Gasteiger partial charge >= 0.3 is 0 Å². The van der Waals surface area contributed by atoms with Gasteiger partial charge in [0.1, 0.15) is 11.5 Å². The quantitative estimate of drug-likeness (QED) is 0.828. The second kappa shape index (κ2) is 7.90. The van der Waals surface area contributed by atoms with Crippen LogP contribution in [-0.2, 0) is 18.4 Å². The molecule has 0 radical (unpaired) electrons. The van der Waals surface area contributed by atoms with Gasteiger partial charge in [0.05, 0.1) is 18.6 Å². The van der Waals surface area contributed by atoms with Crippen molar-refractivity contribution in [2.24, 2.45) is 13.0 Å². The molecule has 2 amide bonds. The average molecular weight is 372 g/mol. The van der Waals surface area contributed by atoms with E-state index in [2.05, 4.69) is 4.98 Å². The highest BCUT2D eigenvalue weighted by Crippen LogP contribution is 2.22. The van der Waals surface area contributed by atoms with Crippen LogP contribution in [-0.4, -0.2) is 50.3 Å². The Balaban J connectivity index is 1.83. The van der Waals surface area contributed by atoms with Gasteiger partial charge in [-0.2, -0.15) is 0 Å². The number of nitrogens with zero attached hydrogens (tertiary/aromatic N) is 4. The molecular formula is C20H25FN4O2. The molecule has 1 saturated heterocycles. The molecule has 0 saturated carbocycles. The molecule has 0 bridgehead atoms. The van der Waals surface area contributed by atoms with Crippen molar-refractivity contribution >= 4 is 11.8 Å². The predicted octanol–water partition coefficient (Wildman–Crippen LogP) is 2.46. The van der Waals surface area contributed by atoms with Gasteiger partial charge in [-0.3, -0.25) is 9.59 Å². The highest BCUT2D eigenvalue weighted by Gasteiger charge is 2.34. The summed E-state index contributed by atoms with van der Waals surface area (Å²) in [5, 5.41) is 0. The van der Waals surface area contributed by atoms with Crippen molar-refractivity contribution < 1.29 is 14.0 Å². The summed E-state index contributed by atoms with van der Waals surface area (Å²) in [4.78, 5) is 33.3. The van der Waals surface area contributed by atoms with E-state index in [-0.39, 0.29) is 36.0 Å². The number of aromatic nitrogens is 2. The van der Waals surface area contributed by atoms with E-state index in [1.807, 2.05) is 18.7 Å². The fourth-order valence-electron chi connectivity index (χ4n) is 3.45. The molecule has 2 heterocycles. The lowest BCUT2D eigenvalue weighted by molar-refractivity contribution is -0.134. The summed E-state index contributed by atoms with van der Waals surface area (Å²) in [6.07, 6.45) is 3.42. The van der Waals surface area contributed by atoms with Crippen LogP contribution in [0.4, 0.5) is 4.39 Å². The lowest BCUT2D eigenvalue weighted by atomic mass is 10.0. The Labute approximate surface area is 158 Å². The highest BCUT2D eigenvalue weighted by molar-refractivity contribution is 5.93. The number of benzene rings is 1. The molecule has 6 nitrogen and oxygen atoms in total. The molecule has 0 N–H and O–H groups in total. The van der Waals surface area contributed by atoms with Crippen LogP contribution in [0, 0.1) is 11.7 Å². The van der Waals surface area contributed by atoms with E-state index in [1.54, 1.807) is 41.2 Å². The zero-order chi connectivity index (χ0) is 19.6. The van der Waals surface area contributed by atoms with Gasteiger partial charge in [-0.05, 0) is 23.6 Å². The molecular weight excluding hydrogens is 347 g/mol. The molecule has 1 aliphatic heterocycles. The summed E-state index contributed by atoms with van der Waals surface area (Å²) in [5.41, 5.74) is 1.39. The summed E-state index contributed by atoms with van der Waals surface area (Å²) >= 11 is 0. The van der Waals surface area contributed by atoms with Gasteiger partial charge in [0, 0.05) is 33.1 Å². The summed E-state index contributed by atoms with van der Waals surface area (Å²) in [7, 11) is 1.78. The minimum absolute atomic E-state index is 0.0123. The minimum atomic E-state index is -0.297. The molecule has 27 heavy (non-hydrogen) atoms. The second-order valence-electron chi connectivity index (χ2n) is 7.35. The van der Waals surface area contributed by atoms with E-state index in [4.69, 9.17) is 0 Å². The molecule has 1 aromatic heterocycles. The zero-order valence-electron chi connectivity index (χ0n) is 15.9. The maximum atomic E-state index is 13.2. The number of rotatable bonds is 4. The molecule has 2 aromatic rings. The van der Waals surface area contributed by atoms with Crippen LogP contribution in [0.25, 0.3) is 0 Å². The topological polar surface area (TPSA) is 58.4 Å². The van der Waals surface area contributed by atoms with Gasteiger partial charge in [0.25, 0.3) is 5.91 Å². The molecule has 0 spiro atoms. The van der Waals surface area contributed by atoms with Gasteiger partial charge < -0.3 is 14.4 Å². The molecule has 3 rings (SSSR count). The Hall–Kier alpha value is -2.70. The fraction of sp³-hybridized carbons (Fsp3) is 0.450. The van der Waals surface area contributed by atoms with Gasteiger partial charge in [-0.25, -0.2) is 9.37 Å². The Morgan fingerprint density at radius 2 is 2.00 bits per heavy atom. The normalized spacial score (nSPS) is 18.1. The summed E-state index contributed by atoms with van der Waals surface area (Å²) in [6.45, 7) is 5.36. The maximum Gasteiger partial charge on any atom is 0.272 e. The lowest BCUT2D eigenvalue weighted by Crippen LogP contribution is -2.47. The zero-order valence-corrected chi connectivity index (χ0v) is 15.9. The van der Waals surface area contributed by atoms with Crippen molar-refractivity contribution in [3.63, 3.8) is 0 Å². The van der Waals surface area contributed by atoms with Crippen LogP contribution in [0.15, 0.2) is 36.8 Å². The first-order valence-electron chi connectivity index (χ1n) is 9.16. The summed E-state index contributed by atoms with van der Waals surface area (Å²) in [6, 6.07) is 6.09. The number of halogens is 1. The molecule has 1 atom stereocenters. The van der Waals surface area contributed by atoms with E-state index in [0.29, 0.717) is 25.3 Å². The van der Waals surface area contributed by atoms with Crippen LogP contribution in [0.1, 0.15) is 36.3 Å². The van der Waals surface area contributed by atoms with E-state index in [1.165, 1.54) is 12.1 Å². The predicted molar refractivity (Wildman–Crippen MR) is 99.3 cm³/mol.